The third-order valence-corrected chi connectivity index (χ3v) is 7.56. The van der Waals surface area contributed by atoms with Gasteiger partial charge in [0.25, 0.3) is 0 Å². The molecule has 0 unspecified atom stereocenters. The van der Waals surface area contributed by atoms with Crippen LogP contribution >= 0.6 is 0 Å². The molecule has 0 saturated heterocycles. The van der Waals surface area contributed by atoms with Gasteiger partial charge in [-0.3, -0.25) is 19.2 Å². The summed E-state index contributed by atoms with van der Waals surface area (Å²) in [5.41, 5.74) is 2.47. The Hall–Kier alpha value is -3.50. The molecule has 0 fully saturated rings. The van der Waals surface area contributed by atoms with Crippen LogP contribution in [0.15, 0.2) is 47.6 Å². The normalized spacial score (nSPS) is 15.8. The summed E-state index contributed by atoms with van der Waals surface area (Å²) in [6, 6.07) is 5.72. The minimum atomic E-state index is -0.802. The lowest BCUT2D eigenvalue weighted by atomic mass is 9.83. The van der Waals surface area contributed by atoms with Gasteiger partial charge in [0.2, 0.25) is 17.7 Å². The lowest BCUT2D eigenvalue weighted by Gasteiger charge is -2.33. The molecule has 0 aliphatic rings. The highest BCUT2D eigenvalue weighted by molar-refractivity contribution is 5.97. The van der Waals surface area contributed by atoms with Crippen LogP contribution in [0.25, 0.3) is 0 Å². The molecule has 1 aromatic carbocycles. The number of amides is 3. The number of esters is 1. The second-order valence-electron chi connectivity index (χ2n) is 12.7. The first-order chi connectivity index (χ1) is 20.5. The third-order valence-electron chi connectivity index (χ3n) is 7.56. The van der Waals surface area contributed by atoms with E-state index in [1.54, 1.807) is 27.8 Å². The molecular weight excluding hydrogens is 560 g/mol. The number of benzene rings is 1. The SMILES string of the molecule is CNC(=O)[C@H](Cc1ccc(C)cc1)NC(=O)/C(C)=C/[C@@H](CO)NC(=O)/C(C)=C/C[C@H](C)C[C@H](OC(=O)[C@H](C)NC)C(C)(C)C. The Morgan fingerprint density at radius 2 is 1.55 bits per heavy atom. The van der Waals surface area contributed by atoms with Crippen LogP contribution in [-0.4, -0.2) is 73.7 Å². The van der Waals surface area contributed by atoms with Gasteiger partial charge < -0.3 is 31.1 Å². The van der Waals surface area contributed by atoms with Crippen molar-refractivity contribution in [2.24, 2.45) is 11.3 Å². The van der Waals surface area contributed by atoms with E-state index in [1.165, 1.54) is 13.1 Å². The van der Waals surface area contributed by atoms with Gasteiger partial charge in [-0.15, -0.1) is 0 Å². The zero-order valence-corrected chi connectivity index (χ0v) is 28.2. The average molecular weight is 615 g/mol. The lowest BCUT2D eigenvalue weighted by Crippen LogP contribution is -2.47. The highest BCUT2D eigenvalue weighted by Gasteiger charge is 2.31. The summed E-state index contributed by atoms with van der Waals surface area (Å²) < 4.78 is 5.80. The standard InChI is InChI=1S/C34H54N4O6/c1-21-12-15-26(16-13-21)19-28(32(42)36-10)38-31(41)24(4)18-27(20-39)37-30(40)23(3)14-11-22(2)17-29(34(6,7)8)44-33(43)25(5)35-9/h12-16,18,22,25,27-29,35,39H,11,17,19-20H2,1-10H3,(H,36,42)(H,37,40)(H,38,41)/b23-14+,24-18+/t22-,25-,27-,28-,29-/m0/s1. The summed E-state index contributed by atoms with van der Waals surface area (Å²) in [4.78, 5) is 50.7. The maximum absolute atomic E-state index is 12.9. The van der Waals surface area contributed by atoms with Crippen molar-refractivity contribution < 1.29 is 29.0 Å². The molecule has 0 saturated carbocycles. The smallest absolute Gasteiger partial charge is 0.323 e. The van der Waals surface area contributed by atoms with Gasteiger partial charge in [0, 0.05) is 24.6 Å². The molecule has 44 heavy (non-hydrogen) atoms. The summed E-state index contributed by atoms with van der Waals surface area (Å²) in [5, 5.41) is 20.9. The number of carbonyl (C=O) groups excluding carboxylic acids is 4. The molecule has 10 nitrogen and oxygen atoms in total. The van der Waals surface area contributed by atoms with Crippen molar-refractivity contribution in [3.8, 4) is 0 Å². The molecule has 0 aromatic heterocycles. The molecule has 0 aliphatic carbocycles. The van der Waals surface area contributed by atoms with Crippen LogP contribution in [0.1, 0.15) is 72.4 Å². The van der Waals surface area contributed by atoms with Crippen molar-refractivity contribution in [1.29, 1.82) is 0 Å². The number of hydrogen-bond acceptors (Lipinski definition) is 7. The Balaban J connectivity index is 2.84. The summed E-state index contributed by atoms with van der Waals surface area (Å²) in [5.74, 6) is -1.34. The van der Waals surface area contributed by atoms with Gasteiger partial charge in [-0.2, -0.15) is 0 Å². The van der Waals surface area contributed by atoms with Gasteiger partial charge >= 0.3 is 5.97 Å². The predicted molar refractivity (Wildman–Crippen MR) is 174 cm³/mol. The number of likely N-dealkylation sites (N-methyl/N-ethyl adjacent to an activating group) is 2. The summed E-state index contributed by atoms with van der Waals surface area (Å²) in [6.07, 6.45) is 4.55. The highest BCUT2D eigenvalue weighted by Crippen LogP contribution is 2.29. The fourth-order valence-corrected chi connectivity index (χ4v) is 4.29. The van der Waals surface area contributed by atoms with E-state index in [4.69, 9.17) is 4.74 Å². The van der Waals surface area contributed by atoms with Gasteiger partial charge in [-0.1, -0.05) is 69.7 Å². The van der Waals surface area contributed by atoms with Gasteiger partial charge in [0.05, 0.1) is 12.6 Å². The van der Waals surface area contributed by atoms with Gasteiger partial charge in [-0.25, -0.2) is 0 Å². The molecule has 0 spiro atoms. The molecule has 0 aliphatic heterocycles. The van der Waals surface area contributed by atoms with Crippen LogP contribution < -0.4 is 21.3 Å². The molecule has 1 rings (SSSR count). The van der Waals surface area contributed by atoms with Gasteiger partial charge in [0.1, 0.15) is 18.2 Å². The lowest BCUT2D eigenvalue weighted by molar-refractivity contribution is -0.158. The number of hydrogen-bond donors (Lipinski definition) is 5. The Kier molecular flexibility index (Phi) is 16.1. The molecule has 10 heteroatoms. The molecule has 5 atom stereocenters. The summed E-state index contributed by atoms with van der Waals surface area (Å²) in [7, 11) is 3.22. The molecular formula is C34H54N4O6. The number of nitrogens with one attached hydrogen (secondary N) is 4. The van der Waals surface area contributed by atoms with E-state index in [1.807, 2.05) is 65.0 Å². The molecule has 1 aromatic rings. The van der Waals surface area contributed by atoms with Crippen LogP contribution in [-0.2, 0) is 30.3 Å². The van der Waals surface area contributed by atoms with E-state index >= 15 is 0 Å². The van der Waals surface area contributed by atoms with Crippen LogP contribution in [0.5, 0.6) is 0 Å². The second kappa shape index (κ2) is 18.3. The Bertz CT molecular complexity index is 1170. The van der Waals surface area contributed by atoms with Crippen LogP contribution in [0, 0.1) is 18.3 Å². The highest BCUT2D eigenvalue weighted by atomic mass is 16.5. The van der Waals surface area contributed by atoms with Gasteiger partial charge in [-0.05, 0) is 64.5 Å². The van der Waals surface area contributed by atoms with E-state index in [2.05, 4.69) is 21.3 Å². The van der Waals surface area contributed by atoms with Crippen molar-refractivity contribution in [2.45, 2.75) is 98.9 Å². The fraction of sp³-hybridized carbons (Fsp3) is 0.588. The van der Waals surface area contributed by atoms with Crippen molar-refractivity contribution >= 4 is 23.7 Å². The average Bonchev–Trinajstić information content (AvgIpc) is 2.97. The zero-order chi connectivity index (χ0) is 33.6. The number of aryl methyl sites for hydroxylation is 1. The molecule has 3 amide bonds. The van der Waals surface area contributed by atoms with E-state index in [0.717, 1.165) is 11.1 Å². The number of ether oxygens (including phenoxy) is 1. The molecule has 5 N–H and O–H groups in total. The third kappa shape index (κ3) is 13.4. The first kappa shape index (κ1) is 38.5. The predicted octanol–water partition coefficient (Wildman–Crippen LogP) is 3.12. The Morgan fingerprint density at radius 1 is 0.955 bits per heavy atom. The van der Waals surface area contributed by atoms with E-state index in [-0.39, 0.29) is 40.8 Å². The number of carbonyl (C=O) groups is 4. The largest absolute Gasteiger partial charge is 0.461 e. The first-order valence-electron chi connectivity index (χ1n) is 15.2. The number of aliphatic hydroxyl groups is 1. The van der Waals surface area contributed by atoms with Crippen LogP contribution in [0.4, 0.5) is 0 Å². The molecule has 246 valence electrons. The first-order valence-corrected chi connectivity index (χ1v) is 15.2. The van der Waals surface area contributed by atoms with Crippen LogP contribution in [0.2, 0.25) is 0 Å². The van der Waals surface area contributed by atoms with Crippen molar-refractivity contribution in [3.05, 3.63) is 58.7 Å². The van der Waals surface area contributed by atoms with E-state index < -0.39 is 30.6 Å². The molecule has 0 bridgehead atoms. The minimum absolute atomic E-state index is 0.132. The monoisotopic (exact) mass is 614 g/mol. The topological polar surface area (TPSA) is 146 Å². The number of allylic oxidation sites excluding steroid dienone is 1. The maximum atomic E-state index is 12.9. The van der Waals surface area contributed by atoms with Crippen molar-refractivity contribution in [1.82, 2.24) is 21.3 Å². The number of aliphatic hydroxyl groups excluding tert-OH is 1. The van der Waals surface area contributed by atoms with Crippen molar-refractivity contribution in [3.63, 3.8) is 0 Å². The molecule has 0 radical (unpaired) electrons. The van der Waals surface area contributed by atoms with E-state index in [0.29, 0.717) is 24.8 Å². The minimum Gasteiger partial charge on any atom is -0.461 e. The maximum Gasteiger partial charge on any atom is 0.323 e. The Morgan fingerprint density at radius 3 is 2.07 bits per heavy atom. The fourth-order valence-electron chi connectivity index (χ4n) is 4.29. The quantitative estimate of drug-likeness (QED) is 0.142. The van der Waals surface area contributed by atoms with Gasteiger partial charge in [0.15, 0.2) is 0 Å². The summed E-state index contributed by atoms with van der Waals surface area (Å²) >= 11 is 0. The second-order valence-corrected chi connectivity index (χ2v) is 12.7. The Labute approximate surface area is 263 Å². The number of rotatable bonds is 16. The van der Waals surface area contributed by atoms with Crippen molar-refractivity contribution in [2.75, 3.05) is 20.7 Å². The molecule has 0 heterocycles. The van der Waals surface area contributed by atoms with Crippen LogP contribution in [0.3, 0.4) is 0 Å². The van der Waals surface area contributed by atoms with E-state index in [9.17, 15) is 24.3 Å². The summed E-state index contributed by atoms with van der Waals surface area (Å²) in [6.45, 7) is 14.7. The zero-order valence-electron chi connectivity index (χ0n) is 28.2.